The Labute approximate surface area is 215 Å². The Balaban J connectivity index is 1.50. The van der Waals surface area contributed by atoms with Crippen LogP contribution in [-0.4, -0.2) is 18.9 Å². The van der Waals surface area contributed by atoms with Crippen molar-refractivity contribution in [2.24, 2.45) is 0 Å². The monoisotopic (exact) mass is 496 g/mol. The lowest BCUT2D eigenvalue weighted by molar-refractivity contribution is -0.115. The van der Waals surface area contributed by atoms with Crippen molar-refractivity contribution < 1.29 is 14.3 Å². The summed E-state index contributed by atoms with van der Waals surface area (Å²) in [7, 11) is 1.57. The van der Waals surface area contributed by atoms with Gasteiger partial charge in [-0.1, -0.05) is 54.6 Å². The fourth-order valence-corrected chi connectivity index (χ4v) is 4.85. The second-order valence-electron chi connectivity index (χ2n) is 8.38. The zero-order chi connectivity index (χ0) is 25.5. The van der Waals surface area contributed by atoms with Crippen molar-refractivity contribution in [2.75, 3.05) is 17.7 Å². The minimum atomic E-state index is -0.442. The maximum atomic E-state index is 13.4. The first-order chi connectivity index (χ1) is 17.4. The molecule has 6 heteroatoms. The van der Waals surface area contributed by atoms with Gasteiger partial charge in [0, 0.05) is 21.8 Å². The molecule has 0 aromatic heterocycles. The quantitative estimate of drug-likeness (QED) is 0.257. The minimum absolute atomic E-state index is 0.0843. The molecule has 1 unspecified atom stereocenters. The first-order valence-corrected chi connectivity index (χ1v) is 12.5. The van der Waals surface area contributed by atoms with E-state index in [0.717, 1.165) is 27.3 Å². The van der Waals surface area contributed by atoms with E-state index < -0.39 is 5.25 Å². The number of rotatable bonds is 8. The number of anilines is 2. The molecule has 2 N–H and O–H groups in total. The Bertz CT molecular complexity index is 1330. The van der Waals surface area contributed by atoms with Gasteiger partial charge >= 0.3 is 0 Å². The number of benzene rings is 4. The van der Waals surface area contributed by atoms with Gasteiger partial charge in [-0.3, -0.25) is 9.59 Å². The lowest BCUT2D eigenvalue weighted by Gasteiger charge is -2.19. The van der Waals surface area contributed by atoms with Gasteiger partial charge in [-0.05, 0) is 73.0 Å². The van der Waals surface area contributed by atoms with E-state index in [9.17, 15) is 9.59 Å². The summed E-state index contributed by atoms with van der Waals surface area (Å²) in [5, 5.41) is 5.60. The molecule has 182 valence electrons. The Hall–Kier alpha value is -4.03. The summed E-state index contributed by atoms with van der Waals surface area (Å²) in [6.07, 6.45) is 0. The molecule has 4 aromatic rings. The molecule has 5 nitrogen and oxygen atoms in total. The van der Waals surface area contributed by atoms with Crippen LogP contribution in [0.3, 0.4) is 0 Å². The van der Waals surface area contributed by atoms with Gasteiger partial charge < -0.3 is 15.4 Å². The maximum absolute atomic E-state index is 13.4. The highest BCUT2D eigenvalue weighted by atomic mass is 32.2. The van der Waals surface area contributed by atoms with Gasteiger partial charge in [0.25, 0.3) is 5.91 Å². The van der Waals surface area contributed by atoms with Crippen LogP contribution in [-0.2, 0) is 4.79 Å². The SMILES string of the molecule is COc1cccc(C(=O)Nc2ccc(SC(C(=O)Nc3c(C)cccc3C)c3ccccc3)cc2)c1. The third-order valence-electron chi connectivity index (χ3n) is 5.77. The molecule has 0 aliphatic carbocycles. The lowest BCUT2D eigenvalue weighted by Crippen LogP contribution is -2.20. The molecule has 0 spiro atoms. The molecule has 0 aliphatic heterocycles. The van der Waals surface area contributed by atoms with Crippen LogP contribution in [0.15, 0.2) is 102 Å². The van der Waals surface area contributed by atoms with Crippen molar-refractivity contribution in [3.05, 3.63) is 119 Å². The third kappa shape index (κ3) is 6.15. The number of amides is 2. The fourth-order valence-electron chi connectivity index (χ4n) is 3.82. The van der Waals surface area contributed by atoms with Crippen LogP contribution >= 0.6 is 11.8 Å². The molecule has 0 saturated heterocycles. The predicted octanol–water partition coefficient (Wildman–Crippen LogP) is 7.04. The molecule has 4 aromatic carbocycles. The normalized spacial score (nSPS) is 11.4. The van der Waals surface area contributed by atoms with Crippen LogP contribution in [0.1, 0.15) is 32.3 Å². The molecule has 0 saturated carbocycles. The van der Waals surface area contributed by atoms with E-state index in [4.69, 9.17) is 4.74 Å². The van der Waals surface area contributed by atoms with Gasteiger partial charge in [-0.15, -0.1) is 11.8 Å². The summed E-state index contributed by atoms with van der Waals surface area (Å²) in [5.41, 5.74) is 5.00. The first kappa shape index (κ1) is 25.1. The van der Waals surface area contributed by atoms with Gasteiger partial charge in [0.2, 0.25) is 5.91 Å². The topological polar surface area (TPSA) is 67.4 Å². The molecule has 4 rings (SSSR count). The summed E-state index contributed by atoms with van der Waals surface area (Å²) < 4.78 is 5.20. The van der Waals surface area contributed by atoms with Crippen LogP contribution in [0.5, 0.6) is 5.75 Å². The van der Waals surface area contributed by atoms with Crippen molar-refractivity contribution in [1.82, 2.24) is 0 Å². The Kier molecular flexibility index (Phi) is 8.08. The number of methoxy groups -OCH3 is 1. The number of nitrogens with one attached hydrogen (secondary N) is 2. The van der Waals surface area contributed by atoms with Crippen LogP contribution in [0.25, 0.3) is 0 Å². The molecule has 36 heavy (non-hydrogen) atoms. The molecule has 0 radical (unpaired) electrons. The van der Waals surface area contributed by atoms with E-state index in [-0.39, 0.29) is 11.8 Å². The number of aryl methyl sites for hydroxylation is 2. The molecule has 0 heterocycles. The zero-order valence-corrected chi connectivity index (χ0v) is 21.3. The number of hydrogen-bond donors (Lipinski definition) is 2. The maximum Gasteiger partial charge on any atom is 0.255 e. The Morgan fingerprint density at radius 3 is 2.11 bits per heavy atom. The zero-order valence-electron chi connectivity index (χ0n) is 20.4. The third-order valence-corrected chi connectivity index (χ3v) is 7.03. The molecular formula is C30H28N2O3S. The number of carbonyl (C=O) groups excluding carboxylic acids is 2. The summed E-state index contributed by atoms with van der Waals surface area (Å²) >= 11 is 1.47. The number of ether oxygens (including phenoxy) is 1. The molecule has 0 bridgehead atoms. The van der Waals surface area contributed by atoms with Crippen LogP contribution in [0.2, 0.25) is 0 Å². The van der Waals surface area contributed by atoms with E-state index in [2.05, 4.69) is 10.6 Å². The minimum Gasteiger partial charge on any atom is -0.497 e. The molecule has 0 aliphatic rings. The first-order valence-electron chi connectivity index (χ1n) is 11.6. The van der Waals surface area contributed by atoms with Gasteiger partial charge in [-0.25, -0.2) is 0 Å². The highest BCUT2D eigenvalue weighted by Gasteiger charge is 2.23. The highest BCUT2D eigenvalue weighted by molar-refractivity contribution is 8.00. The van der Waals surface area contributed by atoms with E-state index in [1.807, 2.05) is 86.6 Å². The van der Waals surface area contributed by atoms with E-state index >= 15 is 0 Å². The lowest BCUT2D eigenvalue weighted by atomic mass is 10.1. The van der Waals surface area contributed by atoms with Crippen LogP contribution in [0.4, 0.5) is 11.4 Å². The number of carbonyl (C=O) groups is 2. The van der Waals surface area contributed by atoms with Crippen molar-refractivity contribution in [3.8, 4) is 5.75 Å². The molecule has 1 atom stereocenters. The van der Waals surface area contributed by atoms with Gasteiger partial charge in [0.15, 0.2) is 0 Å². The fraction of sp³-hybridized carbons (Fsp3) is 0.133. The van der Waals surface area contributed by atoms with Crippen LogP contribution < -0.4 is 15.4 Å². The summed E-state index contributed by atoms with van der Waals surface area (Å²) in [5.74, 6) is 0.323. The number of para-hydroxylation sites is 1. The predicted molar refractivity (Wildman–Crippen MR) is 147 cm³/mol. The Morgan fingerprint density at radius 1 is 0.778 bits per heavy atom. The summed E-state index contributed by atoms with van der Waals surface area (Å²) in [6.45, 7) is 3.98. The molecular weight excluding hydrogens is 468 g/mol. The van der Waals surface area contributed by atoms with Crippen LogP contribution in [0, 0.1) is 13.8 Å². The standard InChI is InChI=1S/C30H28N2O3S/c1-20-9-7-10-21(2)27(20)32-30(34)28(22-11-5-4-6-12-22)36-26-17-15-24(16-18-26)31-29(33)23-13-8-14-25(19-23)35-3/h4-19,28H,1-3H3,(H,31,33)(H,32,34). The highest BCUT2D eigenvalue weighted by Crippen LogP contribution is 2.37. The summed E-state index contributed by atoms with van der Waals surface area (Å²) in [6, 6.07) is 30.2. The molecule has 0 fully saturated rings. The van der Waals surface area contributed by atoms with E-state index in [1.54, 1.807) is 31.4 Å². The van der Waals surface area contributed by atoms with Gasteiger partial charge in [0.1, 0.15) is 11.0 Å². The second-order valence-corrected chi connectivity index (χ2v) is 9.55. The number of thioether (sulfide) groups is 1. The van der Waals surface area contributed by atoms with Gasteiger partial charge in [0.05, 0.1) is 7.11 Å². The number of hydrogen-bond acceptors (Lipinski definition) is 4. The smallest absolute Gasteiger partial charge is 0.255 e. The van der Waals surface area contributed by atoms with Crippen molar-refractivity contribution in [2.45, 2.75) is 24.0 Å². The van der Waals surface area contributed by atoms with Crippen molar-refractivity contribution in [3.63, 3.8) is 0 Å². The summed E-state index contributed by atoms with van der Waals surface area (Å²) in [4.78, 5) is 27.0. The van der Waals surface area contributed by atoms with E-state index in [1.165, 1.54) is 11.8 Å². The second kappa shape index (κ2) is 11.6. The van der Waals surface area contributed by atoms with Gasteiger partial charge in [-0.2, -0.15) is 0 Å². The Morgan fingerprint density at radius 2 is 1.44 bits per heavy atom. The van der Waals surface area contributed by atoms with E-state index in [0.29, 0.717) is 17.0 Å². The van der Waals surface area contributed by atoms with Crippen molar-refractivity contribution >= 4 is 35.0 Å². The average molecular weight is 497 g/mol. The molecule has 2 amide bonds. The average Bonchev–Trinajstić information content (AvgIpc) is 2.90. The largest absolute Gasteiger partial charge is 0.497 e. The van der Waals surface area contributed by atoms with Crippen molar-refractivity contribution in [1.29, 1.82) is 0 Å².